The Balaban J connectivity index is 2.34. The van der Waals surface area contributed by atoms with Gasteiger partial charge in [0.1, 0.15) is 5.82 Å². The quantitative estimate of drug-likeness (QED) is 0.810. The molecule has 0 aliphatic heterocycles. The van der Waals surface area contributed by atoms with E-state index in [0.29, 0.717) is 16.9 Å². The molecule has 6 heteroatoms. The van der Waals surface area contributed by atoms with Crippen molar-refractivity contribution in [2.24, 2.45) is 0 Å². The number of aryl methyl sites for hydroxylation is 1. The van der Waals surface area contributed by atoms with Crippen LogP contribution in [0.3, 0.4) is 0 Å². The van der Waals surface area contributed by atoms with Crippen LogP contribution < -0.4 is 5.32 Å². The van der Waals surface area contributed by atoms with Crippen molar-refractivity contribution in [3.05, 3.63) is 58.9 Å². The van der Waals surface area contributed by atoms with Gasteiger partial charge >= 0.3 is 6.18 Å². The molecule has 0 radical (unpaired) electrons. The lowest BCUT2D eigenvalue weighted by atomic mass is 10.1. The van der Waals surface area contributed by atoms with E-state index in [-0.39, 0.29) is 5.82 Å². The molecule has 0 aromatic heterocycles. The fourth-order valence-electron chi connectivity index (χ4n) is 1.85. The monoisotopic (exact) mass is 294 g/mol. The molecular weight excluding hydrogens is 284 g/mol. The maximum Gasteiger partial charge on any atom is 0.417 e. The first-order chi connectivity index (χ1) is 9.81. The highest BCUT2D eigenvalue weighted by Gasteiger charge is 2.33. The number of halogens is 4. The maximum absolute atomic E-state index is 13.1. The largest absolute Gasteiger partial charge is 0.417 e. The van der Waals surface area contributed by atoms with Crippen LogP contribution in [0.15, 0.2) is 36.4 Å². The lowest BCUT2D eigenvalue weighted by Gasteiger charge is -2.12. The van der Waals surface area contributed by atoms with Gasteiger partial charge in [-0.15, -0.1) is 0 Å². The Kier molecular flexibility index (Phi) is 3.85. The lowest BCUT2D eigenvalue weighted by molar-refractivity contribution is -0.137. The summed E-state index contributed by atoms with van der Waals surface area (Å²) in [5.41, 5.74) is -0.187. The molecule has 0 fully saturated rings. The van der Waals surface area contributed by atoms with Crippen molar-refractivity contribution < 1.29 is 17.6 Å². The molecule has 0 amide bonds. The first-order valence-corrected chi connectivity index (χ1v) is 5.96. The van der Waals surface area contributed by atoms with Crippen molar-refractivity contribution in [2.45, 2.75) is 13.1 Å². The molecule has 0 atom stereocenters. The summed E-state index contributed by atoms with van der Waals surface area (Å²) in [6.45, 7) is 1.58. The third-order valence-corrected chi connectivity index (χ3v) is 2.89. The summed E-state index contributed by atoms with van der Waals surface area (Å²) >= 11 is 0. The molecule has 108 valence electrons. The number of nitriles is 1. The van der Waals surface area contributed by atoms with Crippen LogP contribution in [0.1, 0.15) is 16.7 Å². The Labute approximate surface area is 118 Å². The molecule has 0 aliphatic rings. The SMILES string of the molecule is Cc1cc(Nc2ccc(C(F)(F)F)c(C#N)c2)ccc1F. The summed E-state index contributed by atoms with van der Waals surface area (Å²) in [5, 5.41) is 11.7. The average Bonchev–Trinajstić information content (AvgIpc) is 2.41. The fourth-order valence-corrected chi connectivity index (χ4v) is 1.85. The van der Waals surface area contributed by atoms with Crippen molar-refractivity contribution in [1.29, 1.82) is 5.26 Å². The van der Waals surface area contributed by atoms with Gasteiger partial charge in [0.15, 0.2) is 0 Å². The van der Waals surface area contributed by atoms with Gasteiger partial charge in [-0.05, 0) is 48.9 Å². The third kappa shape index (κ3) is 3.31. The zero-order valence-electron chi connectivity index (χ0n) is 10.9. The van der Waals surface area contributed by atoms with E-state index in [1.54, 1.807) is 6.92 Å². The number of alkyl halides is 3. The number of nitrogens with one attached hydrogen (secondary N) is 1. The van der Waals surface area contributed by atoms with E-state index in [9.17, 15) is 17.6 Å². The van der Waals surface area contributed by atoms with Crippen LogP contribution >= 0.6 is 0 Å². The van der Waals surface area contributed by atoms with Crippen LogP contribution in [0, 0.1) is 24.1 Å². The van der Waals surface area contributed by atoms with Gasteiger partial charge in [-0.1, -0.05) is 0 Å². The highest BCUT2D eigenvalue weighted by molar-refractivity contribution is 5.63. The minimum atomic E-state index is -4.57. The van der Waals surface area contributed by atoms with E-state index in [2.05, 4.69) is 5.32 Å². The summed E-state index contributed by atoms with van der Waals surface area (Å²) in [6.07, 6.45) is -4.57. The predicted octanol–water partition coefficient (Wildman–Crippen LogP) is 4.77. The second-order valence-electron chi connectivity index (χ2n) is 4.46. The van der Waals surface area contributed by atoms with Gasteiger partial charge in [0.2, 0.25) is 0 Å². The number of hydrogen-bond acceptors (Lipinski definition) is 2. The highest BCUT2D eigenvalue weighted by Crippen LogP contribution is 2.33. The van der Waals surface area contributed by atoms with E-state index >= 15 is 0 Å². The van der Waals surface area contributed by atoms with Crippen molar-refractivity contribution in [3.63, 3.8) is 0 Å². The molecule has 0 unspecified atom stereocenters. The van der Waals surface area contributed by atoms with Gasteiger partial charge < -0.3 is 5.32 Å². The number of hydrogen-bond donors (Lipinski definition) is 1. The average molecular weight is 294 g/mol. The molecule has 21 heavy (non-hydrogen) atoms. The van der Waals surface area contributed by atoms with Gasteiger partial charge in [0, 0.05) is 11.4 Å². The molecular formula is C15H10F4N2. The second-order valence-corrected chi connectivity index (χ2v) is 4.46. The number of nitrogens with zero attached hydrogens (tertiary/aromatic N) is 1. The van der Waals surface area contributed by atoms with E-state index in [1.807, 2.05) is 0 Å². The standard InChI is InChI=1S/C15H10F4N2/c1-9-6-11(3-5-14(9)16)21-12-2-4-13(15(17,18)19)10(7-12)8-20/h2-7,21H,1H3. The second kappa shape index (κ2) is 5.44. The Hall–Kier alpha value is -2.55. The topological polar surface area (TPSA) is 35.8 Å². The Morgan fingerprint density at radius 2 is 1.67 bits per heavy atom. The molecule has 0 saturated heterocycles. The molecule has 2 aromatic carbocycles. The first-order valence-electron chi connectivity index (χ1n) is 5.96. The molecule has 0 saturated carbocycles. The van der Waals surface area contributed by atoms with Crippen molar-refractivity contribution in [3.8, 4) is 6.07 Å². The van der Waals surface area contributed by atoms with Crippen LogP contribution in [-0.2, 0) is 6.18 Å². The first kappa shape index (κ1) is 14.9. The van der Waals surface area contributed by atoms with E-state index in [0.717, 1.165) is 12.1 Å². The Bertz CT molecular complexity index is 715. The fraction of sp³-hybridized carbons (Fsp3) is 0.133. The Morgan fingerprint density at radius 1 is 1.05 bits per heavy atom. The summed E-state index contributed by atoms with van der Waals surface area (Å²) in [7, 11) is 0. The molecule has 2 nitrogen and oxygen atoms in total. The zero-order chi connectivity index (χ0) is 15.6. The van der Waals surface area contributed by atoms with Crippen LogP contribution in [0.5, 0.6) is 0 Å². The third-order valence-electron chi connectivity index (χ3n) is 2.89. The maximum atomic E-state index is 13.1. The van der Waals surface area contributed by atoms with Crippen molar-refractivity contribution >= 4 is 11.4 Å². The summed E-state index contributed by atoms with van der Waals surface area (Å²) < 4.78 is 51.2. The minimum Gasteiger partial charge on any atom is -0.355 e. The van der Waals surface area contributed by atoms with Crippen LogP contribution in [-0.4, -0.2) is 0 Å². The highest BCUT2D eigenvalue weighted by atomic mass is 19.4. The molecule has 2 rings (SSSR count). The van der Waals surface area contributed by atoms with Gasteiger partial charge in [-0.2, -0.15) is 18.4 Å². The van der Waals surface area contributed by atoms with Crippen LogP contribution in [0.2, 0.25) is 0 Å². The molecule has 0 spiro atoms. The zero-order valence-corrected chi connectivity index (χ0v) is 10.9. The molecule has 2 aromatic rings. The Morgan fingerprint density at radius 3 is 2.24 bits per heavy atom. The summed E-state index contributed by atoms with van der Waals surface area (Å²) in [5.74, 6) is -0.370. The van der Waals surface area contributed by atoms with E-state index in [4.69, 9.17) is 5.26 Å². The molecule has 0 aliphatic carbocycles. The number of rotatable bonds is 2. The predicted molar refractivity (Wildman–Crippen MR) is 70.6 cm³/mol. The number of anilines is 2. The molecule has 0 heterocycles. The van der Waals surface area contributed by atoms with Gasteiger partial charge in [0.05, 0.1) is 17.2 Å². The molecule has 1 N–H and O–H groups in total. The van der Waals surface area contributed by atoms with Crippen LogP contribution in [0.4, 0.5) is 28.9 Å². The van der Waals surface area contributed by atoms with Crippen molar-refractivity contribution in [1.82, 2.24) is 0 Å². The number of benzene rings is 2. The summed E-state index contributed by atoms with van der Waals surface area (Å²) in [4.78, 5) is 0. The van der Waals surface area contributed by atoms with E-state index < -0.39 is 17.3 Å². The van der Waals surface area contributed by atoms with Gasteiger partial charge in [0.25, 0.3) is 0 Å². The van der Waals surface area contributed by atoms with Crippen LogP contribution in [0.25, 0.3) is 0 Å². The van der Waals surface area contributed by atoms with E-state index in [1.165, 1.54) is 30.3 Å². The normalized spacial score (nSPS) is 11.0. The molecule has 0 bridgehead atoms. The van der Waals surface area contributed by atoms with Crippen molar-refractivity contribution in [2.75, 3.05) is 5.32 Å². The van der Waals surface area contributed by atoms with Gasteiger partial charge in [-0.25, -0.2) is 4.39 Å². The smallest absolute Gasteiger partial charge is 0.355 e. The lowest BCUT2D eigenvalue weighted by Crippen LogP contribution is -2.08. The minimum absolute atomic E-state index is 0.325. The van der Waals surface area contributed by atoms with Gasteiger partial charge in [-0.3, -0.25) is 0 Å². The summed E-state index contributed by atoms with van der Waals surface area (Å²) in [6, 6.07) is 8.96.